The molecular weight excluding hydrogens is 224 g/mol. The van der Waals surface area contributed by atoms with Crippen LogP contribution in [0, 0.1) is 11.8 Å². The van der Waals surface area contributed by atoms with Crippen LogP contribution in [-0.2, 0) is 6.54 Å². The Kier molecular flexibility index (Phi) is 3.39. The monoisotopic (exact) mass is 248 g/mol. The fourth-order valence-corrected chi connectivity index (χ4v) is 3.23. The molecule has 0 aromatic carbocycles. The van der Waals surface area contributed by atoms with Crippen LogP contribution in [0.25, 0.3) is 0 Å². The minimum Gasteiger partial charge on any atom is -0.316 e. The second-order valence-corrected chi connectivity index (χ2v) is 6.08. The Labute approximate surface area is 109 Å². The van der Waals surface area contributed by atoms with Crippen LogP contribution in [-0.4, -0.2) is 40.9 Å². The van der Waals surface area contributed by atoms with Crippen molar-refractivity contribution in [2.75, 3.05) is 26.2 Å². The molecule has 100 valence electrons. The Morgan fingerprint density at radius 3 is 3.00 bits per heavy atom. The molecule has 1 N–H and O–H groups in total. The van der Waals surface area contributed by atoms with E-state index in [0.29, 0.717) is 6.04 Å². The molecule has 2 saturated heterocycles. The Morgan fingerprint density at radius 2 is 2.22 bits per heavy atom. The fourth-order valence-electron chi connectivity index (χ4n) is 3.23. The highest BCUT2D eigenvalue weighted by Gasteiger charge is 2.32. The van der Waals surface area contributed by atoms with Gasteiger partial charge in [0.1, 0.15) is 0 Å². The largest absolute Gasteiger partial charge is 0.316 e. The van der Waals surface area contributed by atoms with Crippen molar-refractivity contribution in [2.45, 2.75) is 32.9 Å². The predicted molar refractivity (Wildman–Crippen MR) is 72.4 cm³/mol. The maximum absolute atomic E-state index is 4.65. The van der Waals surface area contributed by atoms with Crippen LogP contribution in [0.15, 0.2) is 12.3 Å². The van der Waals surface area contributed by atoms with Crippen molar-refractivity contribution in [2.24, 2.45) is 11.8 Å². The lowest BCUT2D eigenvalue weighted by Gasteiger charge is -2.33. The lowest BCUT2D eigenvalue weighted by molar-refractivity contribution is 0.140. The first kappa shape index (κ1) is 12.2. The van der Waals surface area contributed by atoms with Crippen molar-refractivity contribution in [3.63, 3.8) is 0 Å². The molecule has 2 unspecified atom stereocenters. The van der Waals surface area contributed by atoms with Crippen molar-refractivity contribution >= 4 is 0 Å². The predicted octanol–water partition coefficient (Wildman–Crippen LogP) is 1.51. The number of hydrogen-bond donors (Lipinski definition) is 1. The summed E-state index contributed by atoms with van der Waals surface area (Å²) in [6.07, 6.45) is 3.45. The molecule has 1 aromatic heterocycles. The van der Waals surface area contributed by atoms with E-state index in [2.05, 4.69) is 46.1 Å². The third kappa shape index (κ3) is 2.45. The summed E-state index contributed by atoms with van der Waals surface area (Å²) in [6.45, 7) is 10.3. The van der Waals surface area contributed by atoms with Crippen molar-refractivity contribution in [3.05, 3.63) is 18.0 Å². The summed E-state index contributed by atoms with van der Waals surface area (Å²) in [5, 5.41) is 8.17. The van der Waals surface area contributed by atoms with Gasteiger partial charge in [-0.3, -0.25) is 9.58 Å². The zero-order valence-electron chi connectivity index (χ0n) is 11.5. The molecule has 2 fully saturated rings. The van der Waals surface area contributed by atoms with Gasteiger partial charge in [-0.15, -0.1) is 0 Å². The molecule has 0 saturated carbocycles. The topological polar surface area (TPSA) is 33.1 Å². The molecule has 2 aliphatic heterocycles. The number of nitrogens with zero attached hydrogens (tertiary/aromatic N) is 3. The molecule has 4 nitrogen and oxygen atoms in total. The van der Waals surface area contributed by atoms with Crippen LogP contribution in [0.1, 0.15) is 32.0 Å². The lowest BCUT2D eigenvalue weighted by Crippen LogP contribution is -2.39. The molecule has 1 aromatic rings. The summed E-state index contributed by atoms with van der Waals surface area (Å²) in [4.78, 5) is 2.57. The Hall–Kier alpha value is -0.870. The molecule has 3 heterocycles. The van der Waals surface area contributed by atoms with Gasteiger partial charge in [-0.25, -0.2) is 0 Å². The highest BCUT2D eigenvalue weighted by molar-refractivity contribution is 5.00. The van der Waals surface area contributed by atoms with Gasteiger partial charge in [0, 0.05) is 25.3 Å². The minimum absolute atomic E-state index is 0.462. The van der Waals surface area contributed by atoms with Crippen LogP contribution in [0.4, 0.5) is 0 Å². The number of fused-ring (bicyclic) bond motifs is 1. The van der Waals surface area contributed by atoms with Crippen molar-refractivity contribution in [1.29, 1.82) is 0 Å². The zero-order valence-corrected chi connectivity index (χ0v) is 11.5. The molecule has 18 heavy (non-hydrogen) atoms. The van der Waals surface area contributed by atoms with Gasteiger partial charge >= 0.3 is 0 Å². The number of nitrogens with one attached hydrogen (secondary N) is 1. The molecule has 0 radical (unpaired) electrons. The first-order valence-corrected chi connectivity index (χ1v) is 7.19. The zero-order chi connectivity index (χ0) is 12.5. The van der Waals surface area contributed by atoms with Gasteiger partial charge in [-0.1, -0.05) is 0 Å². The van der Waals surface area contributed by atoms with E-state index in [-0.39, 0.29) is 0 Å². The van der Waals surface area contributed by atoms with Gasteiger partial charge in [0.25, 0.3) is 0 Å². The van der Waals surface area contributed by atoms with Gasteiger partial charge in [0.15, 0.2) is 0 Å². The number of piperidine rings is 1. The van der Waals surface area contributed by atoms with E-state index in [1.165, 1.54) is 38.3 Å². The lowest BCUT2D eigenvalue weighted by atomic mass is 9.89. The van der Waals surface area contributed by atoms with E-state index in [1.54, 1.807) is 0 Å². The number of rotatable bonds is 3. The molecule has 4 heteroatoms. The maximum Gasteiger partial charge on any atom is 0.0764 e. The highest BCUT2D eigenvalue weighted by Crippen LogP contribution is 2.27. The third-order valence-electron chi connectivity index (χ3n) is 4.37. The van der Waals surface area contributed by atoms with Gasteiger partial charge in [-0.05, 0) is 57.8 Å². The summed E-state index contributed by atoms with van der Waals surface area (Å²) in [5.41, 5.74) is 1.22. The minimum atomic E-state index is 0.462. The quantitative estimate of drug-likeness (QED) is 0.880. The SMILES string of the molecule is CC(C)n1ccc(CN2CCC3CNCC3C2)n1. The Morgan fingerprint density at radius 1 is 1.39 bits per heavy atom. The van der Waals surface area contributed by atoms with Crippen LogP contribution in [0.5, 0.6) is 0 Å². The van der Waals surface area contributed by atoms with Gasteiger partial charge in [0.05, 0.1) is 5.69 Å². The standard InChI is InChI=1S/C14H24N4/c1-11(2)18-6-4-14(16-18)10-17-5-3-12-7-15-8-13(12)9-17/h4,6,11-13,15H,3,5,7-10H2,1-2H3. The average molecular weight is 248 g/mol. The summed E-state index contributed by atoms with van der Waals surface area (Å²) < 4.78 is 2.05. The van der Waals surface area contributed by atoms with E-state index < -0.39 is 0 Å². The summed E-state index contributed by atoms with van der Waals surface area (Å²) in [7, 11) is 0. The van der Waals surface area contributed by atoms with E-state index in [1.807, 2.05) is 0 Å². The Bertz CT molecular complexity index is 398. The van der Waals surface area contributed by atoms with Crippen LogP contribution in [0.2, 0.25) is 0 Å². The second kappa shape index (κ2) is 5.02. The third-order valence-corrected chi connectivity index (χ3v) is 4.37. The average Bonchev–Trinajstić information content (AvgIpc) is 2.96. The molecule has 2 atom stereocenters. The van der Waals surface area contributed by atoms with E-state index >= 15 is 0 Å². The van der Waals surface area contributed by atoms with Gasteiger partial charge < -0.3 is 5.32 Å². The van der Waals surface area contributed by atoms with Crippen LogP contribution in [0.3, 0.4) is 0 Å². The highest BCUT2D eigenvalue weighted by atomic mass is 15.3. The van der Waals surface area contributed by atoms with E-state index in [4.69, 9.17) is 0 Å². The maximum atomic E-state index is 4.65. The van der Waals surface area contributed by atoms with Crippen molar-refractivity contribution < 1.29 is 0 Å². The molecule has 0 spiro atoms. The summed E-state index contributed by atoms with van der Waals surface area (Å²) in [5.74, 6) is 1.79. The smallest absolute Gasteiger partial charge is 0.0764 e. The van der Waals surface area contributed by atoms with Gasteiger partial charge in [-0.2, -0.15) is 5.10 Å². The second-order valence-electron chi connectivity index (χ2n) is 6.08. The number of hydrogen-bond acceptors (Lipinski definition) is 3. The van der Waals surface area contributed by atoms with E-state index in [0.717, 1.165) is 18.4 Å². The van der Waals surface area contributed by atoms with Crippen LogP contribution >= 0.6 is 0 Å². The molecule has 0 bridgehead atoms. The molecule has 3 rings (SSSR count). The summed E-state index contributed by atoms with van der Waals surface area (Å²) in [6, 6.07) is 2.63. The Balaban J connectivity index is 1.59. The van der Waals surface area contributed by atoms with E-state index in [9.17, 15) is 0 Å². The normalized spacial score (nSPS) is 28.8. The summed E-state index contributed by atoms with van der Waals surface area (Å²) >= 11 is 0. The fraction of sp³-hybridized carbons (Fsp3) is 0.786. The number of likely N-dealkylation sites (tertiary alicyclic amines) is 1. The van der Waals surface area contributed by atoms with Gasteiger partial charge in [0.2, 0.25) is 0 Å². The first-order chi connectivity index (χ1) is 8.72. The van der Waals surface area contributed by atoms with Crippen molar-refractivity contribution in [1.82, 2.24) is 20.0 Å². The molecule has 0 amide bonds. The molecule has 0 aliphatic carbocycles. The van der Waals surface area contributed by atoms with Crippen LogP contribution < -0.4 is 5.32 Å². The molecular formula is C14H24N4. The first-order valence-electron chi connectivity index (χ1n) is 7.19. The number of aromatic nitrogens is 2. The molecule has 2 aliphatic rings. The van der Waals surface area contributed by atoms with Crippen molar-refractivity contribution in [3.8, 4) is 0 Å².